The number of rotatable bonds is 7. The highest BCUT2D eigenvalue weighted by Crippen LogP contribution is 2.34. The lowest BCUT2D eigenvalue weighted by Gasteiger charge is -2.20. The van der Waals surface area contributed by atoms with Crippen LogP contribution in [0.2, 0.25) is 5.02 Å². The molecular formula is C22H20ClF3N2O2S. The predicted molar refractivity (Wildman–Crippen MR) is 116 cm³/mol. The van der Waals surface area contributed by atoms with Gasteiger partial charge in [0.15, 0.2) is 0 Å². The van der Waals surface area contributed by atoms with Gasteiger partial charge in [0.25, 0.3) is 0 Å². The number of hydrogen-bond donors (Lipinski definition) is 0. The largest absolute Gasteiger partial charge is 0.457 e. The second-order valence-corrected chi connectivity index (χ2v) is 8.01. The minimum absolute atomic E-state index is 0.0937. The number of carbonyl (C=O) groups is 1. The second kappa shape index (κ2) is 9.70. The summed E-state index contributed by atoms with van der Waals surface area (Å²) in [5, 5.41) is 1.14. The fourth-order valence-electron chi connectivity index (χ4n) is 2.87. The van der Waals surface area contributed by atoms with Gasteiger partial charge in [-0.25, -0.2) is 0 Å². The van der Waals surface area contributed by atoms with Crippen molar-refractivity contribution in [3.8, 4) is 11.5 Å². The third-order valence-electron chi connectivity index (χ3n) is 4.46. The molecule has 0 unspecified atom stereocenters. The topological polar surface area (TPSA) is 42.4 Å². The predicted octanol–water partition coefficient (Wildman–Crippen LogP) is 6.90. The molecule has 3 aromatic rings. The molecule has 0 bridgehead atoms. The van der Waals surface area contributed by atoms with Gasteiger partial charge < -0.3 is 9.64 Å². The second-order valence-electron chi connectivity index (χ2n) is 6.88. The van der Waals surface area contributed by atoms with Gasteiger partial charge >= 0.3 is 6.18 Å². The molecule has 0 aliphatic heterocycles. The highest BCUT2D eigenvalue weighted by atomic mass is 35.5. The Bertz CT molecular complexity index is 1030. The minimum Gasteiger partial charge on any atom is -0.457 e. The fraction of sp³-hybridized carbons (Fsp3) is 0.273. The molecule has 0 aliphatic rings. The third-order valence-corrected chi connectivity index (χ3v) is 5.99. The lowest BCUT2D eigenvalue weighted by molar-refractivity contribution is -0.137. The van der Waals surface area contributed by atoms with E-state index in [2.05, 4.69) is 4.37 Å². The summed E-state index contributed by atoms with van der Waals surface area (Å²) in [6.45, 7) is 4.32. The van der Waals surface area contributed by atoms with E-state index in [4.69, 9.17) is 16.3 Å². The van der Waals surface area contributed by atoms with Gasteiger partial charge in [0.05, 0.1) is 22.7 Å². The molecule has 0 radical (unpaired) electrons. The molecular weight excluding hydrogens is 449 g/mol. The van der Waals surface area contributed by atoms with Gasteiger partial charge in [-0.3, -0.25) is 4.79 Å². The van der Waals surface area contributed by atoms with Gasteiger partial charge in [-0.05, 0) is 66.8 Å². The van der Waals surface area contributed by atoms with Crippen LogP contribution in [0.25, 0.3) is 0 Å². The van der Waals surface area contributed by atoms with Crippen LogP contribution in [0.3, 0.4) is 0 Å². The van der Waals surface area contributed by atoms with E-state index >= 15 is 0 Å². The lowest BCUT2D eigenvalue weighted by Crippen LogP contribution is -2.32. The Kier molecular flexibility index (Phi) is 7.23. The van der Waals surface area contributed by atoms with E-state index in [9.17, 15) is 18.0 Å². The Labute approximate surface area is 187 Å². The number of carbonyl (C=O) groups excluding carboxylic acids is 1. The summed E-state index contributed by atoms with van der Waals surface area (Å²) in [5.41, 5.74) is 0.741. The highest BCUT2D eigenvalue weighted by Gasteiger charge is 2.30. The summed E-state index contributed by atoms with van der Waals surface area (Å²) in [7, 11) is 0. The fourth-order valence-corrected chi connectivity index (χ4v) is 4.00. The maximum atomic E-state index is 12.9. The first-order valence-corrected chi connectivity index (χ1v) is 10.7. The smallest absolute Gasteiger partial charge is 0.416 e. The quantitative estimate of drug-likeness (QED) is 0.378. The Morgan fingerprint density at radius 2 is 1.68 bits per heavy atom. The zero-order chi connectivity index (χ0) is 22.6. The Morgan fingerprint density at radius 3 is 2.16 bits per heavy atom. The molecule has 9 heteroatoms. The number of benzene rings is 2. The van der Waals surface area contributed by atoms with Gasteiger partial charge in [-0.15, -0.1) is 0 Å². The van der Waals surface area contributed by atoms with Gasteiger partial charge in [0.2, 0.25) is 5.91 Å². The molecule has 1 aromatic heterocycles. The van der Waals surface area contributed by atoms with E-state index in [1.807, 2.05) is 6.92 Å². The summed E-state index contributed by atoms with van der Waals surface area (Å²) < 4.78 is 47.8. The maximum absolute atomic E-state index is 12.9. The van der Waals surface area contributed by atoms with E-state index in [0.717, 1.165) is 24.1 Å². The molecule has 0 spiro atoms. The number of alkyl halides is 3. The molecule has 0 saturated carbocycles. The number of halogens is 4. The first-order valence-electron chi connectivity index (χ1n) is 9.55. The third kappa shape index (κ3) is 5.77. The van der Waals surface area contributed by atoms with Crippen LogP contribution in [-0.4, -0.2) is 16.8 Å². The highest BCUT2D eigenvalue weighted by molar-refractivity contribution is 7.11. The van der Waals surface area contributed by atoms with Gasteiger partial charge in [-0.1, -0.05) is 30.7 Å². The summed E-state index contributed by atoms with van der Waals surface area (Å²) >= 11 is 7.50. The Balaban J connectivity index is 1.66. The summed E-state index contributed by atoms with van der Waals surface area (Å²) in [6, 6.07) is 11.3. The molecule has 3 rings (SSSR count). The van der Waals surface area contributed by atoms with Gasteiger partial charge in [0.1, 0.15) is 16.5 Å². The molecule has 1 amide bonds. The van der Waals surface area contributed by atoms with E-state index < -0.39 is 11.7 Å². The zero-order valence-electron chi connectivity index (χ0n) is 16.9. The van der Waals surface area contributed by atoms with Gasteiger partial charge in [-0.2, -0.15) is 17.5 Å². The molecule has 0 N–H and O–H groups in total. The molecule has 0 aliphatic carbocycles. The Hall–Kier alpha value is -2.58. The van der Waals surface area contributed by atoms with Crippen LogP contribution in [0.15, 0.2) is 48.5 Å². The average Bonchev–Trinajstić information content (AvgIpc) is 3.05. The monoisotopic (exact) mass is 468 g/mol. The van der Waals surface area contributed by atoms with Crippen LogP contribution in [0, 0.1) is 6.92 Å². The van der Waals surface area contributed by atoms with Crippen LogP contribution in [0.5, 0.6) is 11.5 Å². The molecule has 4 nitrogen and oxygen atoms in total. The maximum Gasteiger partial charge on any atom is 0.416 e. The van der Waals surface area contributed by atoms with Gasteiger partial charge in [0, 0.05) is 6.54 Å². The number of hydrogen-bond acceptors (Lipinski definition) is 4. The first kappa shape index (κ1) is 23.1. The number of amides is 1. The van der Waals surface area contributed by atoms with Crippen molar-refractivity contribution in [2.45, 2.75) is 32.9 Å². The first-order chi connectivity index (χ1) is 14.7. The normalized spacial score (nSPS) is 11.4. The summed E-state index contributed by atoms with van der Waals surface area (Å²) in [4.78, 5) is 14.5. The average molecular weight is 469 g/mol. The number of aryl methyl sites for hydroxylation is 1. The van der Waals surface area contributed by atoms with Crippen molar-refractivity contribution >= 4 is 34.0 Å². The standard InChI is InChI=1S/C22H20ClF3N2O2S/c1-3-12-28(21-20(23)14(2)27-31-21)19(29)13-15-4-8-17(9-5-15)30-18-10-6-16(7-11-18)22(24,25)26/h4-11H,3,12-13H2,1-2H3. The lowest BCUT2D eigenvalue weighted by atomic mass is 10.1. The van der Waals surface area contributed by atoms with Crippen molar-refractivity contribution in [1.29, 1.82) is 0 Å². The molecule has 0 atom stereocenters. The van der Waals surface area contributed by atoms with E-state index in [1.165, 1.54) is 23.7 Å². The SMILES string of the molecule is CCCN(C(=O)Cc1ccc(Oc2ccc(C(F)(F)F)cc2)cc1)c1snc(C)c1Cl. The van der Waals surface area contributed by atoms with E-state index in [-0.39, 0.29) is 12.3 Å². The van der Waals surface area contributed by atoms with Crippen LogP contribution in [0.4, 0.5) is 18.2 Å². The molecule has 0 fully saturated rings. The van der Waals surface area contributed by atoms with Crippen molar-refractivity contribution in [3.05, 3.63) is 70.4 Å². The zero-order valence-corrected chi connectivity index (χ0v) is 18.4. The molecule has 2 aromatic carbocycles. The number of ether oxygens (including phenoxy) is 1. The minimum atomic E-state index is -4.39. The molecule has 1 heterocycles. The summed E-state index contributed by atoms with van der Waals surface area (Å²) in [5.74, 6) is 0.660. The summed E-state index contributed by atoms with van der Waals surface area (Å²) in [6.07, 6.45) is -3.44. The van der Waals surface area contributed by atoms with Crippen molar-refractivity contribution < 1.29 is 22.7 Å². The van der Waals surface area contributed by atoms with Crippen LogP contribution in [-0.2, 0) is 17.4 Å². The van der Waals surface area contributed by atoms with Crippen molar-refractivity contribution in [2.75, 3.05) is 11.4 Å². The number of nitrogens with zero attached hydrogens (tertiary/aromatic N) is 2. The van der Waals surface area contributed by atoms with Crippen molar-refractivity contribution in [3.63, 3.8) is 0 Å². The van der Waals surface area contributed by atoms with E-state index in [0.29, 0.717) is 33.8 Å². The van der Waals surface area contributed by atoms with E-state index in [1.54, 1.807) is 36.1 Å². The number of anilines is 1. The van der Waals surface area contributed by atoms with Crippen molar-refractivity contribution in [1.82, 2.24) is 4.37 Å². The molecule has 164 valence electrons. The molecule has 31 heavy (non-hydrogen) atoms. The molecule has 0 saturated heterocycles. The van der Waals surface area contributed by atoms with Crippen LogP contribution < -0.4 is 9.64 Å². The number of aromatic nitrogens is 1. The van der Waals surface area contributed by atoms with Crippen LogP contribution in [0.1, 0.15) is 30.2 Å². The van der Waals surface area contributed by atoms with Crippen LogP contribution >= 0.6 is 23.1 Å². The van der Waals surface area contributed by atoms with Crippen molar-refractivity contribution in [2.24, 2.45) is 0 Å². The Morgan fingerprint density at radius 1 is 1.10 bits per heavy atom.